The number of hydrogen-bond donors (Lipinski definition) is 0. The molecule has 0 heteroatoms. The number of benzene rings is 11. The van der Waals surface area contributed by atoms with Crippen LogP contribution in [0.1, 0.15) is 0 Å². The van der Waals surface area contributed by atoms with Gasteiger partial charge < -0.3 is 0 Å². The summed E-state index contributed by atoms with van der Waals surface area (Å²) in [5.74, 6) is 0. The molecule has 0 aromatic heterocycles. The van der Waals surface area contributed by atoms with E-state index in [1.807, 2.05) is 0 Å². The number of fused-ring (bicyclic) bond motifs is 4. The third kappa shape index (κ3) is 6.04. The topological polar surface area (TPSA) is 0 Å². The first-order chi connectivity index (χ1) is 28.7. The summed E-state index contributed by atoms with van der Waals surface area (Å²) in [6.45, 7) is 0. The van der Waals surface area contributed by atoms with E-state index in [0.717, 1.165) is 0 Å². The summed E-state index contributed by atoms with van der Waals surface area (Å²) in [6.07, 6.45) is 0. The van der Waals surface area contributed by atoms with Crippen molar-refractivity contribution in [3.8, 4) is 66.8 Å². The smallest absolute Gasteiger partial charge is 0.00261 e. The van der Waals surface area contributed by atoms with Crippen LogP contribution in [0.25, 0.3) is 110 Å². The van der Waals surface area contributed by atoms with Crippen molar-refractivity contribution in [2.75, 3.05) is 0 Å². The molecule has 0 saturated carbocycles. The van der Waals surface area contributed by atoms with Crippen LogP contribution >= 0.6 is 0 Å². The van der Waals surface area contributed by atoms with Gasteiger partial charge in [0.25, 0.3) is 0 Å². The third-order valence-electron chi connectivity index (χ3n) is 11.8. The van der Waals surface area contributed by atoms with Gasteiger partial charge in [0, 0.05) is 0 Å². The lowest BCUT2D eigenvalue weighted by Crippen LogP contribution is -1.93. The van der Waals surface area contributed by atoms with Crippen molar-refractivity contribution in [1.82, 2.24) is 0 Å². The Morgan fingerprint density at radius 1 is 0.155 bits per heavy atom. The van der Waals surface area contributed by atoms with Crippen molar-refractivity contribution < 1.29 is 0 Å². The van der Waals surface area contributed by atoms with E-state index in [-0.39, 0.29) is 0 Å². The molecule has 270 valence electrons. The molecular weight excluding hydrogens is 697 g/mol. The molecule has 0 bridgehead atoms. The van der Waals surface area contributed by atoms with Crippen molar-refractivity contribution >= 4 is 43.1 Å². The van der Waals surface area contributed by atoms with Crippen LogP contribution < -0.4 is 0 Å². The van der Waals surface area contributed by atoms with Crippen LogP contribution in [0.4, 0.5) is 0 Å². The van der Waals surface area contributed by atoms with Gasteiger partial charge in [-0.3, -0.25) is 0 Å². The van der Waals surface area contributed by atoms with Gasteiger partial charge in [-0.1, -0.05) is 206 Å². The Bertz CT molecular complexity index is 3060. The molecule has 0 N–H and O–H groups in total. The summed E-state index contributed by atoms with van der Waals surface area (Å²) >= 11 is 0. The highest BCUT2D eigenvalue weighted by molar-refractivity contribution is 6.22. The van der Waals surface area contributed by atoms with Gasteiger partial charge >= 0.3 is 0 Å². The van der Waals surface area contributed by atoms with E-state index in [4.69, 9.17) is 0 Å². The first kappa shape index (κ1) is 33.8. The zero-order chi connectivity index (χ0) is 38.4. The Balaban J connectivity index is 1.19. The average Bonchev–Trinajstić information content (AvgIpc) is 3.31. The quantitative estimate of drug-likeness (QED) is 0.149. The molecule has 0 fully saturated rings. The minimum atomic E-state index is 1.20. The maximum Gasteiger partial charge on any atom is -0.00261 e. The second kappa shape index (κ2) is 14.2. The average molecular weight is 735 g/mol. The molecule has 0 radical (unpaired) electrons. The third-order valence-corrected chi connectivity index (χ3v) is 11.8. The summed E-state index contributed by atoms with van der Waals surface area (Å²) in [6, 6.07) is 84.8. The van der Waals surface area contributed by atoms with Gasteiger partial charge in [0.15, 0.2) is 0 Å². The molecule has 0 nitrogen and oxygen atoms in total. The fourth-order valence-electron chi connectivity index (χ4n) is 8.87. The molecule has 0 spiro atoms. The van der Waals surface area contributed by atoms with Crippen molar-refractivity contribution in [3.63, 3.8) is 0 Å². The maximum absolute atomic E-state index is 2.43. The Kier molecular flexibility index (Phi) is 8.26. The van der Waals surface area contributed by atoms with Gasteiger partial charge in [-0.05, 0) is 134 Å². The summed E-state index contributed by atoms with van der Waals surface area (Å²) in [4.78, 5) is 0. The Labute approximate surface area is 339 Å². The van der Waals surface area contributed by atoms with Gasteiger partial charge in [0.1, 0.15) is 0 Å². The highest BCUT2D eigenvalue weighted by Gasteiger charge is 2.19. The molecule has 0 aliphatic heterocycles. The minimum absolute atomic E-state index is 1.20. The zero-order valence-electron chi connectivity index (χ0n) is 31.9. The summed E-state index contributed by atoms with van der Waals surface area (Å²) in [7, 11) is 0. The normalized spacial score (nSPS) is 11.4. The highest BCUT2D eigenvalue weighted by atomic mass is 14.2. The van der Waals surface area contributed by atoms with Crippen LogP contribution in [0.5, 0.6) is 0 Å². The lowest BCUT2D eigenvalue weighted by molar-refractivity contribution is 1.60. The van der Waals surface area contributed by atoms with Crippen LogP contribution in [0.3, 0.4) is 0 Å². The Morgan fingerprint density at radius 2 is 0.448 bits per heavy atom. The fraction of sp³-hybridized carbons (Fsp3) is 0. The SMILES string of the molecule is c1ccc(-c2ccc(-c3c4ccc(-c5ccc6ccccc6c5)cc4c(-c4ccc(-c5ccccc5)cc4)c4ccc(-c5ccc6ccccc6c5)cc34)cc2)cc1. The van der Waals surface area contributed by atoms with E-state index in [2.05, 4.69) is 231 Å². The van der Waals surface area contributed by atoms with Crippen molar-refractivity contribution in [2.45, 2.75) is 0 Å². The molecule has 0 aliphatic carbocycles. The van der Waals surface area contributed by atoms with Crippen LogP contribution in [0.2, 0.25) is 0 Å². The van der Waals surface area contributed by atoms with Crippen molar-refractivity contribution in [3.05, 3.63) is 231 Å². The molecular formula is C58H38. The van der Waals surface area contributed by atoms with E-state index < -0.39 is 0 Å². The monoisotopic (exact) mass is 734 g/mol. The second-order valence-electron chi connectivity index (χ2n) is 15.3. The van der Waals surface area contributed by atoms with Crippen molar-refractivity contribution in [2.24, 2.45) is 0 Å². The lowest BCUT2D eigenvalue weighted by Gasteiger charge is -2.20. The van der Waals surface area contributed by atoms with Crippen LogP contribution in [0, 0.1) is 0 Å². The van der Waals surface area contributed by atoms with Crippen LogP contribution in [-0.2, 0) is 0 Å². The first-order valence-corrected chi connectivity index (χ1v) is 20.1. The minimum Gasteiger partial charge on any atom is -0.0622 e. The highest BCUT2D eigenvalue weighted by Crippen LogP contribution is 2.47. The fourth-order valence-corrected chi connectivity index (χ4v) is 8.87. The largest absolute Gasteiger partial charge is 0.0622 e. The molecule has 11 rings (SSSR count). The van der Waals surface area contributed by atoms with E-state index in [1.54, 1.807) is 0 Å². The van der Waals surface area contributed by atoms with Gasteiger partial charge in [-0.25, -0.2) is 0 Å². The first-order valence-electron chi connectivity index (χ1n) is 20.1. The number of hydrogen-bond acceptors (Lipinski definition) is 0. The predicted octanol–water partition coefficient (Wildman–Crippen LogP) is 16.3. The summed E-state index contributed by atoms with van der Waals surface area (Å²) < 4.78 is 0. The summed E-state index contributed by atoms with van der Waals surface area (Å²) in [5.41, 5.74) is 14.6. The molecule has 11 aromatic rings. The van der Waals surface area contributed by atoms with Crippen molar-refractivity contribution in [1.29, 1.82) is 0 Å². The Hall–Kier alpha value is -7.54. The molecule has 0 aliphatic rings. The molecule has 0 amide bonds. The van der Waals surface area contributed by atoms with E-state index >= 15 is 0 Å². The van der Waals surface area contributed by atoms with Gasteiger partial charge in [0.05, 0.1) is 0 Å². The zero-order valence-corrected chi connectivity index (χ0v) is 31.9. The molecule has 0 saturated heterocycles. The Morgan fingerprint density at radius 3 is 0.862 bits per heavy atom. The van der Waals surface area contributed by atoms with Gasteiger partial charge in [-0.15, -0.1) is 0 Å². The maximum atomic E-state index is 2.43. The standard InChI is InChI=1S/C58H38/c1-3-11-39(12-4-1)43-19-25-45(26-20-43)57-53-33-31-52(50-30-24-42-16-8-10-18-48(42)36-50)38-56(53)58(46-27-21-44(22-28-46)40-13-5-2-6-14-40)54-34-32-51(37-55(54)57)49-29-23-41-15-7-9-17-47(41)35-49/h1-38H. The van der Waals surface area contributed by atoms with Crippen LogP contribution in [-0.4, -0.2) is 0 Å². The molecule has 0 atom stereocenters. The molecule has 58 heavy (non-hydrogen) atoms. The predicted molar refractivity (Wildman–Crippen MR) is 249 cm³/mol. The van der Waals surface area contributed by atoms with Gasteiger partial charge in [0.2, 0.25) is 0 Å². The number of rotatable bonds is 6. The molecule has 11 aromatic carbocycles. The van der Waals surface area contributed by atoms with E-state index in [1.165, 1.54) is 110 Å². The van der Waals surface area contributed by atoms with Crippen LogP contribution in [0.15, 0.2) is 231 Å². The molecule has 0 unspecified atom stereocenters. The summed E-state index contributed by atoms with van der Waals surface area (Å²) in [5, 5.41) is 9.95. The van der Waals surface area contributed by atoms with E-state index in [0.29, 0.717) is 0 Å². The second-order valence-corrected chi connectivity index (χ2v) is 15.3. The molecule has 0 heterocycles. The van der Waals surface area contributed by atoms with Gasteiger partial charge in [-0.2, -0.15) is 0 Å². The van der Waals surface area contributed by atoms with E-state index in [9.17, 15) is 0 Å². The lowest BCUT2D eigenvalue weighted by atomic mass is 9.83.